The molecule has 0 aromatic rings. The average Bonchev–Trinajstić information content (AvgIpc) is 1.63. The second-order valence-corrected chi connectivity index (χ2v) is 8.42. The van der Waals surface area contributed by atoms with Gasteiger partial charge in [0.25, 0.3) is 0 Å². The average molecular weight is 156 g/mol. The van der Waals surface area contributed by atoms with E-state index in [9.17, 15) is 0 Å². The first-order valence-electron chi connectivity index (χ1n) is 2.86. The quantitative estimate of drug-likeness (QED) is 0.408. The van der Waals surface area contributed by atoms with E-state index < -0.39 is 8.07 Å². The molecule has 0 saturated heterocycles. The molecule has 0 fully saturated rings. The van der Waals surface area contributed by atoms with Crippen LogP contribution in [0.25, 0.3) is 0 Å². The molecular weight excluding hydrogens is 144 g/mol. The highest BCUT2D eigenvalue weighted by Gasteiger charge is 2.06. The molecule has 0 heterocycles. The summed E-state index contributed by atoms with van der Waals surface area (Å²) in [5.41, 5.74) is 6.19. The van der Waals surface area contributed by atoms with E-state index in [2.05, 4.69) is 30.7 Å². The van der Waals surface area contributed by atoms with E-state index in [1.807, 2.05) is 0 Å². The van der Waals surface area contributed by atoms with Gasteiger partial charge in [0, 0.05) is 7.11 Å². The number of hydrogen-bond acceptors (Lipinski definition) is 1. The van der Waals surface area contributed by atoms with Crippen molar-refractivity contribution in [2.24, 2.45) is 0 Å². The lowest BCUT2D eigenvalue weighted by molar-refractivity contribution is 0.451. The molecule has 0 aliphatic heterocycles. The Morgan fingerprint density at radius 1 is 1.33 bits per heavy atom. The van der Waals surface area contributed by atoms with Crippen molar-refractivity contribution in [3.8, 4) is 11.1 Å². The van der Waals surface area contributed by atoms with Gasteiger partial charge in [0.1, 0.15) is 8.07 Å². The molecular formula is C6H12OSi2. The minimum Gasteiger partial charge on any atom is -0.408 e. The Morgan fingerprint density at radius 3 is 2.22 bits per heavy atom. The van der Waals surface area contributed by atoms with E-state index in [1.54, 1.807) is 7.11 Å². The molecule has 0 spiro atoms. The summed E-state index contributed by atoms with van der Waals surface area (Å²) in [5, 5.41) is 0. The molecule has 0 unspecified atom stereocenters. The van der Waals surface area contributed by atoms with E-state index in [1.165, 1.54) is 0 Å². The van der Waals surface area contributed by atoms with Gasteiger partial charge in [0.2, 0.25) is 0 Å². The van der Waals surface area contributed by atoms with Crippen LogP contribution in [0.4, 0.5) is 0 Å². The maximum atomic E-state index is 4.81. The molecule has 0 atom stereocenters. The zero-order chi connectivity index (χ0) is 7.33. The molecule has 0 aliphatic carbocycles. The summed E-state index contributed by atoms with van der Waals surface area (Å²) >= 11 is 0. The van der Waals surface area contributed by atoms with Crippen molar-refractivity contribution in [3.63, 3.8) is 0 Å². The van der Waals surface area contributed by atoms with Gasteiger partial charge in [-0.1, -0.05) is 19.6 Å². The highest BCUT2D eigenvalue weighted by Crippen LogP contribution is 1.95. The predicted octanol–water partition coefficient (Wildman–Crippen LogP) is 1.09. The van der Waals surface area contributed by atoms with Crippen LogP contribution in [0.1, 0.15) is 0 Å². The summed E-state index contributed by atoms with van der Waals surface area (Å²) in [4.78, 5) is 0. The zero-order valence-electron chi connectivity index (χ0n) is 6.41. The van der Waals surface area contributed by atoms with Gasteiger partial charge in [0.05, 0.1) is 0 Å². The van der Waals surface area contributed by atoms with Crippen molar-refractivity contribution >= 4 is 17.8 Å². The maximum absolute atomic E-state index is 4.81. The third-order valence-electron chi connectivity index (χ3n) is 0.591. The summed E-state index contributed by atoms with van der Waals surface area (Å²) in [6.07, 6.45) is 0. The third-order valence-corrected chi connectivity index (χ3v) is 2.15. The van der Waals surface area contributed by atoms with Gasteiger partial charge in [-0.15, -0.1) is 11.1 Å². The lowest BCUT2D eigenvalue weighted by Gasteiger charge is -2.02. The first kappa shape index (κ1) is 8.95. The lowest BCUT2D eigenvalue weighted by Crippen LogP contribution is -2.16. The number of rotatable bonds is 1. The van der Waals surface area contributed by atoms with Crippen LogP contribution in [0.5, 0.6) is 0 Å². The summed E-state index contributed by atoms with van der Waals surface area (Å²) in [6, 6.07) is 0. The standard InChI is InChI=1S/C6H12OSi2/c1-7-8-5-6-9(2,3)4/h1-4H3. The van der Waals surface area contributed by atoms with Crippen LogP contribution >= 0.6 is 0 Å². The van der Waals surface area contributed by atoms with Crippen molar-refractivity contribution in [1.82, 2.24) is 0 Å². The molecule has 3 heteroatoms. The fourth-order valence-corrected chi connectivity index (χ4v) is 2.07. The predicted molar refractivity (Wildman–Crippen MR) is 43.9 cm³/mol. The van der Waals surface area contributed by atoms with Gasteiger partial charge in [-0.3, -0.25) is 0 Å². The van der Waals surface area contributed by atoms with Gasteiger partial charge in [-0.25, -0.2) is 0 Å². The summed E-state index contributed by atoms with van der Waals surface area (Å²) in [5.74, 6) is 0. The van der Waals surface area contributed by atoms with Crippen LogP contribution in [0.2, 0.25) is 19.6 Å². The Hall–Kier alpha value is -0.0462. The summed E-state index contributed by atoms with van der Waals surface area (Å²) in [7, 11) is 0.911. The number of hydrogen-bond donors (Lipinski definition) is 0. The second-order valence-electron chi connectivity index (χ2n) is 2.81. The third kappa shape index (κ3) is 7.95. The Kier molecular flexibility index (Phi) is 3.86. The van der Waals surface area contributed by atoms with E-state index in [4.69, 9.17) is 4.43 Å². The Morgan fingerprint density at radius 2 is 1.89 bits per heavy atom. The van der Waals surface area contributed by atoms with E-state index >= 15 is 0 Å². The first-order valence-corrected chi connectivity index (χ1v) is 7.27. The lowest BCUT2D eigenvalue weighted by atomic mass is 11.4. The van der Waals surface area contributed by atoms with Crippen LogP contribution in [-0.2, 0) is 4.43 Å². The van der Waals surface area contributed by atoms with Crippen molar-refractivity contribution in [1.29, 1.82) is 0 Å². The maximum Gasteiger partial charge on any atom is 0.332 e. The molecule has 2 radical (unpaired) electrons. The van der Waals surface area contributed by atoms with Gasteiger partial charge < -0.3 is 4.43 Å². The van der Waals surface area contributed by atoms with Crippen LogP contribution in [-0.4, -0.2) is 24.9 Å². The highest BCUT2D eigenvalue weighted by atomic mass is 28.3. The topological polar surface area (TPSA) is 9.23 Å². The smallest absolute Gasteiger partial charge is 0.332 e. The molecule has 0 aliphatic rings. The monoisotopic (exact) mass is 156 g/mol. The minimum atomic E-state index is -1.13. The summed E-state index contributed by atoms with van der Waals surface area (Å²) < 4.78 is 4.81. The molecule has 9 heavy (non-hydrogen) atoms. The summed E-state index contributed by atoms with van der Waals surface area (Å²) in [6.45, 7) is 6.67. The van der Waals surface area contributed by atoms with Crippen molar-refractivity contribution in [2.45, 2.75) is 19.6 Å². The molecule has 50 valence electrons. The van der Waals surface area contributed by atoms with Gasteiger partial charge >= 0.3 is 9.76 Å². The van der Waals surface area contributed by atoms with Crippen molar-refractivity contribution in [3.05, 3.63) is 0 Å². The van der Waals surface area contributed by atoms with E-state index in [0.717, 1.165) is 0 Å². The fraction of sp³-hybridized carbons (Fsp3) is 0.667. The van der Waals surface area contributed by atoms with Gasteiger partial charge in [0.15, 0.2) is 0 Å². The first-order chi connectivity index (χ1) is 4.06. The van der Waals surface area contributed by atoms with Crippen LogP contribution in [0.15, 0.2) is 0 Å². The Balaban J connectivity index is 3.59. The minimum absolute atomic E-state index is 0.362. The van der Waals surface area contributed by atoms with Crippen LogP contribution in [0.3, 0.4) is 0 Å². The molecule has 0 saturated carbocycles. The molecule has 0 N–H and O–H groups in total. The zero-order valence-corrected chi connectivity index (χ0v) is 8.41. The largest absolute Gasteiger partial charge is 0.408 e. The fourth-order valence-electron chi connectivity index (χ4n) is 0.264. The molecule has 1 nitrogen and oxygen atoms in total. The highest BCUT2D eigenvalue weighted by molar-refractivity contribution is 6.84. The van der Waals surface area contributed by atoms with E-state index in [0.29, 0.717) is 9.76 Å². The van der Waals surface area contributed by atoms with Crippen LogP contribution < -0.4 is 0 Å². The Bertz CT molecular complexity index is 126. The van der Waals surface area contributed by atoms with Gasteiger partial charge in [-0.2, -0.15) is 0 Å². The van der Waals surface area contributed by atoms with Crippen molar-refractivity contribution < 1.29 is 4.43 Å². The molecule has 0 bridgehead atoms. The molecule has 0 rings (SSSR count). The van der Waals surface area contributed by atoms with E-state index in [-0.39, 0.29) is 0 Å². The molecule has 0 aromatic carbocycles. The SMILES string of the molecule is CO[Si]C#C[Si](C)(C)C. The normalized spacial score (nSPS) is 10.2. The molecule has 0 aromatic heterocycles. The van der Waals surface area contributed by atoms with Crippen LogP contribution in [0, 0.1) is 11.1 Å². The second kappa shape index (κ2) is 3.88. The molecule has 0 amide bonds. The Labute approximate surface area is 60.8 Å². The van der Waals surface area contributed by atoms with Gasteiger partial charge in [-0.05, 0) is 0 Å². The van der Waals surface area contributed by atoms with Crippen molar-refractivity contribution in [2.75, 3.05) is 7.11 Å².